The summed E-state index contributed by atoms with van der Waals surface area (Å²) in [6.45, 7) is 7.81. The van der Waals surface area contributed by atoms with Crippen LogP contribution in [-0.2, 0) is 4.74 Å². The predicted molar refractivity (Wildman–Crippen MR) is 83.3 cm³/mol. The van der Waals surface area contributed by atoms with Crippen molar-refractivity contribution in [1.82, 2.24) is 4.98 Å². The third kappa shape index (κ3) is 2.72. The van der Waals surface area contributed by atoms with E-state index in [1.165, 1.54) is 6.07 Å². The Bertz CT molecular complexity index is 659. The van der Waals surface area contributed by atoms with Crippen LogP contribution in [0, 0.1) is 12.7 Å². The van der Waals surface area contributed by atoms with Crippen molar-refractivity contribution >= 4 is 16.6 Å². The van der Waals surface area contributed by atoms with E-state index < -0.39 is 0 Å². The number of nitrogens with zero attached hydrogens (tertiary/aromatic N) is 2. The number of aromatic nitrogens is 1. The number of rotatable bonds is 2. The molecule has 0 N–H and O–H groups in total. The fourth-order valence-electron chi connectivity index (χ4n) is 3.05. The molecule has 21 heavy (non-hydrogen) atoms. The van der Waals surface area contributed by atoms with Crippen LogP contribution in [0.4, 0.5) is 10.1 Å². The molecule has 1 aromatic heterocycles. The molecule has 1 aromatic carbocycles. The van der Waals surface area contributed by atoms with E-state index in [-0.39, 0.29) is 18.0 Å². The van der Waals surface area contributed by atoms with Crippen molar-refractivity contribution in [1.29, 1.82) is 0 Å². The molecule has 0 aliphatic carbocycles. The van der Waals surface area contributed by atoms with Gasteiger partial charge in [-0.15, -0.1) is 0 Å². The lowest BCUT2D eigenvalue weighted by atomic mass is 10.1. The molecule has 4 heteroatoms. The fraction of sp³-hybridized carbons (Fsp3) is 0.471. The van der Waals surface area contributed by atoms with E-state index in [4.69, 9.17) is 4.74 Å². The minimum atomic E-state index is -0.259. The maximum atomic E-state index is 14.0. The number of fused-ring (bicyclic) bond motifs is 1. The van der Waals surface area contributed by atoms with E-state index in [9.17, 15) is 4.39 Å². The zero-order valence-electron chi connectivity index (χ0n) is 12.8. The molecule has 0 bridgehead atoms. The van der Waals surface area contributed by atoms with Gasteiger partial charge in [-0.05, 0) is 32.4 Å². The van der Waals surface area contributed by atoms with Crippen molar-refractivity contribution < 1.29 is 9.13 Å². The number of benzene rings is 1. The van der Waals surface area contributed by atoms with Gasteiger partial charge in [-0.1, -0.05) is 19.1 Å². The van der Waals surface area contributed by atoms with Crippen LogP contribution in [0.2, 0.25) is 0 Å². The smallest absolute Gasteiger partial charge is 0.149 e. The van der Waals surface area contributed by atoms with E-state index in [1.54, 1.807) is 6.07 Å². The van der Waals surface area contributed by atoms with Gasteiger partial charge in [-0.3, -0.25) is 0 Å². The van der Waals surface area contributed by atoms with Crippen molar-refractivity contribution in [2.24, 2.45) is 0 Å². The molecule has 112 valence electrons. The summed E-state index contributed by atoms with van der Waals surface area (Å²) in [5, 5.41) is 0.879. The molecule has 2 heterocycles. The van der Waals surface area contributed by atoms with Crippen LogP contribution in [0.25, 0.3) is 10.9 Å². The van der Waals surface area contributed by atoms with Crippen LogP contribution in [0.1, 0.15) is 26.0 Å². The molecule has 0 radical (unpaired) electrons. The Hall–Kier alpha value is -1.68. The van der Waals surface area contributed by atoms with Gasteiger partial charge in [0.2, 0.25) is 0 Å². The lowest BCUT2D eigenvalue weighted by Gasteiger charge is -2.38. The maximum Gasteiger partial charge on any atom is 0.149 e. The zero-order chi connectivity index (χ0) is 15.0. The van der Waals surface area contributed by atoms with Gasteiger partial charge in [0.25, 0.3) is 0 Å². The zero-order valence-corrected chi connectivity index (χ0v) is 12.8. The molecule has 1 aliphatic heterocycles. The number of pyridine rings is 1. The minimum absolute atomic E-state index is 0.181. The first kappa shape index (κ1) is 14.3. The molecule has 3 rings (SSSR count). The van der Waals surface area contributed by atoms with Crippen molar-refractivity contribution in [2.75, 3.05) is 18.0 Å². The molecular formula is C17H21FN2O. The first-order valence-corrected chi connectivity index (χ1v) is 7.54. The average molecular weight is 288 g/mol. The summed E-state index contributed by atoms with van der Waals surface area (Å²) in [7, 11) is 0. The summed E-state index contributed by atoms with van der Waals surface area (Å²) in [6.07, 6.45) is 1.39. The van der Waals surface area contributed by atoms with Crippen LogP contribution in [0.3, 0.4) is 0 Å². The van der Waals surface area contributed by atoms with Crippen LogP contribution >= 0.6 is 0 Å². The molecule has 2 atom stereocenters. The Morgan fingerprint density at radius 2 is 2.19 bits per heavy atom. The molecule has 1 aliphatic rings. The number of para-hydroxylation sites is 1. The van der Waals surface area contributed by atoms with Gasteiger partial charge >= 0.3 is 0 Å². The highest BCUT2D eigenvalue weighted by atomic mass is 19.1. The SMILES string of the molecule is CCC1CN(c2cc(C)nc3c(F)cccc23)CC(C)O1. The van der Waals surface area contributed by atoms with Crippen LogP contribution in [0.15, 0.2) is 24.3 Å². The third-order valence-electron chi connectivity index (χ3n) is 4.02. The van der Waals surface area contributed by atoms with E-state index in [0.717, 1.165) is 36.3 Å². The second-order valence-electron chi connectivity index (χ2n) is 5.80. The Labute approximate surface area is 124 Å². The number of hydrogen-bond donors (Lipinski definition) is 0. The summed E-state index contributed by atoms with van der Waals surface area (Å²) in [6, 6.07) is 7.21. The Morgan fingerprint density at radius 1 is 1.38 bits per heavy atom. The molecule has 2 unspecified atom stereocenters. The highest BCUT2D eigenvalue weighted by Gasteiger charge is 2.25. The van der Waals surface area contributed by atoms with Crippen molar-refractivity contribution in [2.45, 2.75) is 39.4 Å². The van der Waals surface area contributed by atoms with E-state index in [1.807, 2.05) is 19.1 Å². The second-order valence-corrected chi connectivity index (χ2v) is 5.80. The Kier molecular flexibility index (Phi) is 3.81. The quantitative estimate of drug-likeness (QED) is 0.843. The monoisotopic (exact) mass is 288 g/mol. The fourth-order valence-corrected chi connectivity index (χ4v) is 3.05. The average Bonchev–Trinajstić information content (AvgIpc) is 2.47. The van der Waals surface area contributed by atoms with E-state index in [2.05, 4.69) is 23.7 Å². The summed E-state index contributed by atoms with van der Waals surface area (Å²) < 4.78 is 19.9. The summed E-state index contributed by atoms with van der Waals surface area (Å²) in [4.78, 5) is 6.66. The molecule has 3 nitrogen and oxygen atoms in total. The topological polar surface area (TPSA) is 25.4 Å². The third-order valence-corrected chi connectivity index (χ3v) is 4.02. The van der Waals surface area contributed by atoms with Gasteiger partial charge in [0.05, 0.1) is 12.2 Å². The number of morpholine rings is 1. The van der Waals surface area contributed by atoms with Gasteiger partial charge in [0.15, 0.2) is 0 Å². The second kappa shape index (κ2) is 5.60. The standard InChI is InChI=1S/C17H21FN2O/c1-4-13-10-20(9-12(3)21-13)16-8-11(2)19-17-14(16)6-5-7-15(17)18/h5-8,12-13H,4,9-10H2,1-3H3. The molecular weight excluding hydrogens is 267 g/mol. The molecule has 0 saturated carbocycles. The summed E-state index contributed by atoms with van der Waals surface area (Å²) >= 11 is 0. The lowest BCUT2D eigenvalue weighted by molar-refractivity contribution is -0.0171. The molecule has 0 amide bonds. The first-order chi connectivity index (χ1) is 10.1. The predicted octanol–water partition coefficient (Wildman–Crippen LogP) is 3.69. The van der Waals surface area contributed by atoms with Crippen molar-refractivity contribution in [3.63, 3.8) is 0 Å². The minimum Gasteiger partial charge on any atom is -0.372 e. The molecule has 0 spiro atoms. The van der Waals surface area contributed by atoms with E-state index in [0.29, 0.717) is 5.52 Å². The highest BCUT2D eigenvalue weighted by molar-refractivity contribution is 5.92. The van der Waals surface area contributed by atoms with E-state index >= 15 is 0 Å². The summed E-state index contributed by atoms with van der Waals surface area (Å²) in [5.41, 5.74) is 2.36. The van der Waals surface area contributed by atoms with Gasteiger partial charge in [-0.2, -0.15) is 0 Å². The van der Waals surface area contributed by atoms with Crippen LogP contribution in [0.5, 0.6) is 0 Å². The number of hydrogen-bond acceptors (Lipinski definition) is 3. The largest absolute Gasteiger partial charge is 0.372 e. The Morgan fingerprint density at radius 3 is 2.95 bits per heavy atom. The molecule has 1 fully saturated rings. The molecule has 2 aromatic rings. The van der Waals surface area contributed by atoms with Gasteiger partial charge < -0.3 is 9.64 Å². The Balaban J connectivity index is 2.09. The highest BCUT2D eigenvalue weighted by Crippen LogP contribution is 2.30. The van der Waals surface area contributed by atoms with Gasteiger partial charge in [-0.25, -0.2) is 9.37 Å². The number of anilines is 1. The number of halogens is 1. The van der Waals surface area contributed by atoms with Crippen molar-refractivity contribution in [3.05, 3.63) is 35.8 Å². The number of ether oxygens (including phenoxy) is 1. The maximum absolute atomic E-state index is 14.0. The van der Waals surface area contributed by atoms with Crippen LogP contribution < -0.4 is 4.90 Å². The van der Waals surface area contributed by atoms with Gasteiger partial charge in [0, 0.05) is 29.9 Å². The number of aryl methyl sites for hydroxylation is 1. The first-order valence-electron chi connectivity index (χ1n) is 7.54. The van der Waals surface area contributed by atoms with Crippen LogP contribution in [-0.4, -0.2) is 30.3 Å². The molecule has 1 saturated heterocycles. The lowest BCUT2D eigenvalue weighted by Crippen LogP contribution is -2.46. The normalized spacial score (nSPS) is 22.8. The van der Waals surface area contributed by atoms with Crippen molar-refractivity contribution in [3.8, 4) is 0 Å². The van der Waals surface area contributed by atoms with Gasteiger partial charge in [0.1, 0.15) is 11.3 Å². The summed E-state index contributed by atoms with van der Waals surface area (Å²) in [5.74, 6) is -0.259.